The highest BCUT2D eigenvalue weighted by atomic mass is 79.9. The van der Waals surface area contributed by atoms with E-state index in [-0.39, 0.29) is 0 Å². The van der Waals surface area contributed by atoms with E-state index in [0.29, 0.717) is 22.6 Å². The smallest absolute Gasteiger partial charge is 0.225 e. The largest absolute Gasteiger partial charge is 0.438 e. The van der Waals surface area contributed by atoms with Crippen LogP contribution in [-0.4, -0.2) is 16.2 Å². The maximum atomic E-state index is 5.85. The number of nitrogens with two attached hydrogens (primary N) is 1. The maximum absolute atomic E-state index is 5.85. The topological polar surface area (TPSA) is 61.0 Å². The minimum absolute atomic E-state index is 0.390. The van der Waals surface area contributed by atoms with E-state index in [1.165, 1.54) is 11.8 Å². The first kappa shape index (κ1) is 14.2. The molecule has 0 unspecified atom stereocenters. The highest BCUT2D eigenvalue weighted by Gasteiger charge is 2.09. The zero-order valence-electron chi connectivity index (χ0n) is 11.2. The first-order valence-corrected chi connectivity index (χ1v) is 8.23. The van der Waals surface area contributed by atoms with Crippen molar-refractivity contribution in [2.75, 3.05) is 12.0 Å². The van der Waals surface area contributed by atoms with Gasteiger partial charge in [0.15, 0.2) is 5.16 Å². The summed E-state index contributed by atoms with van der Waals surface area (Å²) in [6.45, 7) is 0. The molecular formula is C15H12BrN3OS. The monoisotopic (exact) mass is 361 g/mol. The van der Waals surface area contributed by atoms with Gasteiger partial charge in [-0.3, -0.25) is 0 Å². The van der Waals surface area contributed by atoms with Crippen molar-refractivity contribution < 1.29 is 4.74 Å². The Labute approximate surface area is 134 Å². The average Bonchev–Trinajstić information content (AvgIpc) is 2.50. The van der Waals surface area contributed by atoms with Crippen molar-refractivity contribution in [1.29, 1.82) is 0 Å². The fourth-order valence-electron chi connectivity index (χ4n) is 1.97. The van der Waals surface area contributed by atoms with Gasteiger partial charge >= 0.3 is 0 Å². The van der Waals surface area contributed by atoms with Crippen molar-refractivity contribution in [3.05, 3.63) is 46.9 Å². The van der Waals surface area contributed by atoms with Crippen LogP contribution in [0.3, 0.4) is 0 Å². The van der Waals surface area contributed by atoms with Crippen LogP contribution in [0.4, 0.5) is 5.82 Å². The molecule has 0 atom stereocenters. The molecule has 0 bridgehead atoms. The molecule has 1 aromatic heterocycles. The number of hydrogen-bond donors (Lipinski definition) is 1. The summed E-state index contributed by atoms with van der Waals surface area (Å²) in [5, 5.41) is 2.81. The maximum Gasteiger partial charge on any atom is 0.225 e. The Balaban J connectivity index is 2.02. The van der Waals surface area contributed by atoms with Crippen molar-refractivity contribution in [2.24, 2.45) is 0 Å². The molecule has 0 saturated carbocycles. The minimum Gasteiger partial charge on any atom is -0.438 e. The molecule has 0 aliphatic heterocycles. The quantitative estimate of drug-likeness (QED) is 0.550. The number of thioether (sulfide) groups is 1. The predicted molar refractivity (Wildman–Crippen MR) is 89.9 cm³/mol. The van der Waals surface area contributed by atoms with Gasteiger partial charge in [-0.1, -0.05) is 42.1 Å². The summed E-state index contributed by atoms with van der Waals surface area (Å²) >= 11 is 5.01. The summed E-state index contributed by atoms with van der Waals surface area (Å²) in [6.07, 6.45) is 1.89. The first-order valence-electron chi connectivity index (χ1n) is 6.21. The highest BCUT2D eigenvalue weighted by Crippen LogP contribution is 2.35. The fraction of sp³-hybridized carbons (Fsp3) is 0.0667. The van der Waals surface area contributed by atoms with E-state index in [4.69, 9.17) is 10.5 Å². The van der Waals surface area contributed by atoms with Crippen LogP contribution in [0, 0.1) is 0 Å². The van der Waals surface area contributed by atoms with Gasteiger partial charge in [0.1, 0.15) is 11.6 Å². The number of halogens is 1. The Kier molecular flexibility index (Phi) is 3.98. The lowest BCUT2D eigenvalue weighted by atomic mass is 10.1. The number of benzene rings is 2. The van der Waals surface area contributed by atoms with Crippen LogP contribution in [-0.2, 0) is 0 Å². The molecule has 0 radical (unpaired) electrons. The molecule has 0 fully saturated rings. The zero-order chi connectivity index (χ0) is 14.8. The van der Waals surface area contributed by atoms with Crippen LogP contribution in [0.15, 0.2) is 52.1 Å². The normalized spacial score (nSPS) is 10.8. The second-order valence-corrected chi connectivity index (χ2v) is 5.89. The average molecular weight is 362 g/mol. The van der Waals surface area contributed by atoms with E-state index in [1.54, 1.807) is 6.07 Å². The van der Waals surface area contributed by atoms with E-state index in [1.807, 2.05) is 36.6 Å². The summed E-state index contributed by atoms with van der Waals surface area (Å²) < 4.78 is 6.74. The van der Waals surface area contributed by atoms with Gasteiger partial charge in [0.2, 0.25) is 5.88 Å². The second kappa shape index (κ2) is 5.91. The van der Waals surface area contributed by atoms with Crippen LogP contribution in [0.2, 0.25) is 0 Å². The van der Waals surface area contributed by atoms with E-state index in [2.05, 4.69) is 32.0 Å². The van der Waals surface area contributed by atoms with Gasteiger partial charge in [-0.2, -0.15) is 4.98 Å². The third-order valence-corrected chi connectivity index (χ3v) is 4.29. The highest BCUT2D eigenvalue weighted by molar-refractivity contribution is 9.10. The molecule has 3 rings (SSSR count). The lowest BCUT2D eigenvalue weighted by Gasteiger charge is -2.10. The van der Waals surface area contributed by atoms with E-state index >= 15 is 0 Å². The van der Waals surface area contributed by atoms with E-state index < -0.39 is 0 Å². The van der Waals surface area contributed by atoms with Gasteiger partial charge in [-0.05, 0) is 39.0 Å². The molecule has 2 aromatic carbocycles. The third kappa shape index (κ3) is 2.96. The third-order valence-electron chi connectivity index (χ3n) is 2.93. The molecule has 0 aliphatic rings. The summed E-state index contributed by atoms with van der Waals surface area (Å²) in [4.78, 5) is 8.40. The van der Waals surface area contributed by atoms with Crippen molar-refractivity contribution in [2.45, 2.75) is 5.16 Å². The molecule has 106 valence electrons. The Hall–Kier alpha value is -1.79. The van der Waals surface area contributed by atoms with Crippen LogP contribution in [0.1, 0.15) is 0 Å². The van der Waals surface area contributed by atoms with Gasteiger partial charge in [0, 0.05) is 6.07 Å². The van der Waals surface area contributed by atoms with Crippen LogP contribution in [0.25, 0.3) is 10.8 Å². The van der Waals surface area contributed by atoms with Crippen molar-refractivity contribution in [3.63, 3.8) is 0 Å². The zero-order valence-corrected chi connectivity index (χ0v) is 13.6. The number of nitrogens with zero attached hydrogens (tertiary/aromatic N) is 2. The molecule has 6 heteroatoms. The number of ether oxygens (including phenoxy) is 1. The van der Waals surface area contributed by atoms with Crippen LogP contribution < -0.4 is 10.5 Å². The SMILES string of the molecule is CSc1nc(N)cc(Oc2ccc3ccccc3c2Br)n1. The van der Waals surface area contributed by atoms with Gasteiger partial charge in [0.05, 0.1) is 4.47 Å². The first-order chi connectivity index (χ1) is 10.2. The molecule has 0 saturated heterocycles. The van der Waals surface area contributed by atoms with Gasteiger partial charge in [-0.25, -0.2) is 4.98 Å². The summed E-state index contributed by atoms with van der Waals surface area (Å²) in [5.74, 6) is 1.52. The predicted octanol–water partition coefficient (Wildman–Crippen LogP) is 4.49. The molecule has 0 aliphatic carbocycles. The molecule has 0 amide bonds. The molecule has 1 heterocycles. The van der Waals surface area contributed by atoms with Crippen molar-refractivity contribution in [1.82, 2.24) is 9.97 Å². The Morgan fingerprint density at radius 1 is 1.14 bits per heavy atom. The molecular weight excluding hydrogens is 350 g/mol. The van der Waals surface area contributed by atoms with Crippen molar-refractivity contribution in [3.8, 4) is 11.6 Å². The lowest BCUT2D eigenvalue weighted by Crippen LogP contribution is -1.97. The van der Waals surface area contributed by atoms with Crippen LogP contribution in [0.5, 0.6) is 11.6 Å². The number of hydrogen-bond acceptors (Lipinski definition) is 5. The number of aromatic nitrogens is 2. The summed E-state index contributed by atoms with van der Waals surface area (Å²) in [7, 11) is 0. The van der Waals surface area contributed by atoms with Crippen molar-refractivity contribution >= 4 is 44.3 Å². The molecule has 2 N–H and O–H groups in total. The van der Waals surface area contributed by atoms with Crippen LogP contribution >= 0.6 is 27.7 Å². The Morgan fingerprint density at radius 2 is 1.95 bits per heavy atom. The molecule has 3 aromatic rings. The molecule has 21 heavy (non-hydrogen) atoms. The molecule has 4 nitrogen and oxygen atoms in total. The lowest BCUT2D eigenvalue weighted by molar-refractivity contribution is 0.454. The number of anilines is 1. The second-order valence-electron chi connectivity index (χ2n) is 4.32. The molecule has 0 spiro atoms. The number of fused-ring (bicyclic) bond motifs is 1. The summed E-state index contributed by atoms with van der Waals surface area (Å²) in [6, 6.07) is 13.6. The minimum atomic E-state index is 0.390. The Bertz CT molecular complexity index is 810. The van der Waals surface area contributed by atoms with Gasteiger partial charge in [0.25, 0.3) is 0 Å². The standard InChI is InChI=1S/C15H12BrN3OS/c1-21-15-18-12(17)8-13(19-15)20-11-7-6-9-4-2-3-5-10(9)14(11)16/h2-8H,1H3,(H2,17,18,19). The van der Waals surface area contributed by atoms with Gasteiger partial charge < -0.3 is 10.5 Å². The van der Waals surface area contributed by atoms with E-state index in [0.717, 1.165) is 15.2 Å². The van der Waals surface area contributed by atoms with Gasteiger partial charge in [-0.15, -0.1) is 0 Å². The fourth-order valence-corrected chi connectivity index (χ4v) is 2.92. The Morgan fingerprint density at radius 3 is 2.76 bits per heavy atom. The number of rotatable bonds is 3. The summed E-state index contributed by atoms with van der Waals surface area (Å²) in [5.41, 5.74) is 5.76. The number of nitrogen functional groups attached to an aromatic ring is 1. The van der Waals surface area contributed by atoms with E-state index in [9.17, 15) is 0 Å².